The van der Waals surface area contributed by atoms with E-state index in [1.54, 1.807) is 0 Å². The number of carbonyl (C=O) groups is 3. The average Bonchev–Trinajstić information content (AvgIpc) is 2.44. The van der Waals surface area contributed by atoms with E-state index in [1.165, 1.54) is 13.8 Å². The minimum absolute atomic E-state index is 0.0249. The van der Waals surface area contributed by atoms with Gasteiger partial charge in [-0.1, -0.05) is 0 Å². The molecule has 0 bridgehead atoms. The lowest BCUT2D eigenvalue weighted by atomic mass is 9.97. The van der Waals surface area contributed by atoms with Crippen LogP contribution >= 0.6 is 0 Å². The number of carboxylic acids is 1. The summed E-state index contributed by atoms with van der Waals surface area (Å²) in [5.74, 6) is -1.44. The number of likely N-dealkylation sites (tertiary alicyclic amines) is 1. The number of nitrogens with zero attached hydrogens (tertiary/aromatic N) is 1. The first kappa shape index (κ1) is 17.2. The van der Waals surface area contributed by atoms with Crippen LogP contribution in [-0.2, 0) is 9.59 Å². The molecule has 0 aliphatic carbocycles. The molecule has 0 unspecified atom stereocenters. The fourth-order valence-electron chi connectivity index (χ4n) is 2.07. The van der Waals surface area contributed by atoms with Crippen molar-refractivity contribution >= 4 is 17.9 Å². The summed E-state index contributed by atoms with van der Waals surface area (Å²) in [6.07, 6.45) is 2.03. The smallest absolute Gasteiger partial charge is 0.331 e. The van der Waals surface area contributed by atoms with Crippen LogP contribution in [0.5, 0.6) is 0 Å². The van der Waals surface area contributed by atoms with E-state index in [-0.39, 0.29) is 11.1 Å². The van der Waals surface area contributed by atoms with Gasteiger partial charge in [-0.25, -0.2) is 9.59 Å². The van der Waals surface area contributed by atoms with Crippen molar-refractivity contribution in [1.82, 2.24) is 15.5 Å². The molecule has 0 aromatic heterocycles. The maximum atomic E-state index is 11.7. The van der Waals surface area contributed by atoms with Gasteiger partial charge in [-0.15, -0.1) is 0 Å². The lowest BCUT2D eigenvalue weighted by Gasteiger charge is -2.28. The zero-order chi connectivity index (χ0) is 16.0. The summed E-state index contributed by atoms with van der Waals surface area (Å²) in [7, 11) is 2.06. The van der Waals surface area contributed by atoms with E-state index in [9.17, 15) is 14.4 Å². The fraction of sp³-hybridized carbons (Fsp3) is 0.643. The Morgan fingerprint density at radius 1 is 1.14 bits per heavy atom. The Morgan fingerprint density at radius 2 is 1.71 bits per heavy atom. The first-order chi connectivity index (χ1) is 9.81. The van der Waals surface area contributed by atoms with Gasteiger partial charge >= 0.3 is 12.0 Å². The largest absolute Gasteiger partial charge is 0.478 e. The topological polar surface area (TPSA) is 98.7 Å². The molecule has 1 rings (SSSR count). The Labute approximate surface area is 124 Å². The van der Waals surface area contributed by atoms with Crippen LogP contribution in [0.3, 0.4) is 0 Å². The van der Waals surface area contributed by atoms with E-state index in [1.807, 2.05) is 0 Å². The number of carbonyl (C=O) groups excluding carboxylic acids is 2. The molecule has 118 valence electrons. The van der Waals surface area contributed by atoms with Crippen molar-refractivity contribution in [3.05, 3.63) is 11.1 Å². The van der Waals surface area contributed by atoms with E-state index in [2.05, 4.69) is 22.6 Å². The van der Waals surface area contributed by atoms with Crippen LogP contribution in [0.25, 0.3) is 0 Å². The van der Waals surface area contributed by atoms with E-state index < -0.39 is 17.9 Å². The lowest BCUT2D eigenvalue weighted by molar-refractivity contribution is -0.133. The van der Waals surface area contributed by atoms with Crippen LogP contribution in [-0.4, -0.2) is 54.6 Å². The van der Waals surface area contributed by atoms with Crippen molar-refractivity contribution in [2.24, 2.45) is 5.92 Å². The molecule has 3 amide bonds. The first-order valence-electron chi connectivity index (χ1n) is 6.99. The average molecular weight is 297 g/mol. The SMILES string of the molecule is CC(C(=O)O)=C(C)C(=O)NC(=O)NCC1CCN(C)CC1. The predicted molar refractivity (Wildman–Crippen MR) is 77.8 cm³/mol. The third kappa shape index (κ3) is 5.55. The van der Waals surface area contributed by atoms with Crippen molar-refractivity contribution in [3.63, 3.8) is 0 Å². The van der Waals surface area contributed by atoms with Gasteiger partial charge in [-0.05, 0) is 52.7 Å². The van der Waals surface area contributed by atoms with Gasteiger partial charge < -0.3 is 15.3 Å². The number of amides is 3. The van der Waals surface area contributed by atoms with Crippen LogP contribution in [0, 0.1) is 5.92 Å². The monoisotopic (exact) mass is 297 g/mol. The highest BCUT2D eigenvalue weighted by atomic mass is 16.4. The summed E-state index contributed by atoms with van der Waals surface area (Å²) < 4.78 is 0. The van der Waals surface area contributed by atoms with E-state index >= 15 is 0 Å². The fourth-order valence-corrected chi connectivity index (χ4v) is 2.07. The Morgan fingerprint density at radius 3 is 2.24 bits per heavy atom. The summed E-state index contributed by atoms with van der Waals surface area (Å²) in [4.78, 5) is 36.3. The Balaban J connectivity index is 2.38. The summed E-state index contributed by atoms with van der Waals surface area (Å²) in [6.45, 7) is 5.24. The molecule has 7 nitrogen and oxygen atoms in total. The predicted octanol–water partition coefficient (Wildman–Crippen LogP) is 0.575. The summed E-state index contributed by atoms with van der Waals surface area (Å²) in [5, 5.41) is 13.6. The second-order valence-corrected chi connectivity index (χ2v) is 5.47. The molecule has 1 fully saturated rings. The van der Waals surface area contributed by atoms with Gasteiger partial charge in [0.25, 0.3) is 5.91 Å². The Bertz CT molecular complexity index is 451. The minimum atomic E-state index is -1.17. The van der Waals surface area contributed by atoms with Gasteiger partial charge in [0.1, 0.15) is 0 Å². The zero-order valence-electron chi connectivity index (χ0n) is 12.7. The Hall–Kier alpha value is -1.89. The number of hydrogen-bond donors (Lipinski definition) is 3. The van der Waals surface area contributed by atoms with Crippen molar-refractivity contribution in [1.29, 1.82) is 0 Å². The quantitative estimate of drug-likeness (QED) is 0.659. The van der Waals surface area contributed by atoms with E-state index in [4.69, 9.17) is 5.11 Å². The number of imide groups is 1. The van der Waals surface area contributed by atoms with Gasteiger partial charge in [0.2, 0.25) is 0 Å². The molecule has 7 heteroatoms. The molecule has 0 aromatic carbocycles. The standard InChI is InChI=1S/C14H23N3O4/c1-9(10(2)13(19)20)12(18)16-14(21)15-8-11-4-6-17(3)7-5-11/h11H,4-8H2,1-3H3,(H,19,20)(H2,15,16,18,21). The van der Waals surface area contributed by atoms with Gasteiger partial charge in [-0.3, -0.25) is 10.1 Å². The molecule has 0 radical (unpaired) electrons. The van der Waals surface area contributed by atoms with Crippen LogP contribution in [0.2, 0.25) is 0 Å². The van der Waals surface area contributed by atoms with Gasteiger partial charge in [0.05, 0.1) is 0 Å². The molecule has 21 heavy (non-hydrogen) atoms. The normalized spacial score (nSPS) is 17.9. The van der Waals surface area contributed by atoms with Crippen molar-refractivity contribution < 1.29 is 19.5 Å². The van der Waals surface area contributed by atoms with Gasteiger partial charge in [0, 0.05) is 17.7 Å². The van der Waals surface area contributed by atoms with Crippen LogP contribution in [0.1, 0.15) is 26.7 Å². The van der Waals surface area contributed by atoms with Crippen LogP contribution in [0.15, 0.2) is 11.1 Å². The maximum absolute atomic E-state index is 11.7. The second-order valence-electron chi connectivity index (χ2n) is 5.47. The molecule has 1 aliphatic heterocycles. The highest BCUT2D eigenvalue weighted by Gasteiger charge is 2.19. The first-order valence-corrected chi connectivity index (χ1v) is 6.99. The molecular formula is C14H23N3O4. The summed E-state index contributed by atoms with van der Waals surface area (Å²) in [6, 6.07) is -0.587. The van der Waals surface area contributed by atoms with Gasteiger partial charge in [-0.2, -0.15) is 0 Å². The van der Waals surface area contributed by atoms with Crippen LogP contribution < -0.4 is 10.6 Å². The lowest BCUT2D eigenvalue weighted by Crippen LogP contribution is -2.43. The van der Waals surface area contributed by atoms with Crippen molar-refractivity contribution in [2.75, 3.05) is 26.7 Å². The van der Waals surface area contributed by atoms with Gasteiger partial charge in [0.15, 0.2) is 0 Å². The molecule has 0 atom stereocenters. The number of carboxylic acid groups (broad SMARTS) is 1. The van der Waals surface area contributed by atoms with Crippen molar-refractivity contribution in [3.8, 4) is 0 Å². The molecule has 0 spiro atoms. The molecular weight excluding hydrogens is 274 g/mol. The number of rotatable bonds is 4. The van der Waals surface area contributed by atoms with Crippen molar-refractivity contribution in [2.45, 2.75) is 26.7 Å². The molecule has 3 N–H and O–H groups in total. The highest BCUT2D eigenvalue weighted by molar-refractivity contribution is 6.07. The number of piperidine rings is 1. The van der Waals surface area contributed by atoms with E-state index in [0.29, 0.717) is 12.5 Å². The maximum Gasteiger partial charge on any atom is 0.331 e. The number of nitrogens with one attached hydrogen (secondary N) is 2. The van der Waals surface area contributed by atoms with Crippen LogP contribution in [0.4, 0.5) is 4.79 Å². The molecule has 1 aliphatic rings. The third-order valence-electron chi connectivity index (χ3n) is 3.84. The molecule has 0 aromatic rings. The third-order valence-corrected chi connectivity index (χ3v) is 3.84. The van der Waals surface area contributed by atoms with E-state index in [0.717, 1.165) is 25.9 Å². The molecule has 1 saturated heterocycles. The second kappa shape index (κ2) is 7.78. The zero-order valence-corrected chi connectivity index (χ0v) is 12.7. The molecule has 0 saturated carbocycles. The Kier molecular flexibility index (Phi) is 6.36. The summed E-state index contributed by atoms with van der Waals surface area (Å²) >= 11 is 0. The summed E-state index contributed by atoms with van der Waals surface area (Å²) in [5.41, 5.74) is -0.0486. The highest BCUT2D eigenvalue weighted by Crippen LogP contribution is 2.14. The number of urea groups is 1. The number of aliphatic carboxylic acids is 1. The molecule has 1 heterocycles. The minimum Gasteiger partial charge on any atom is -0.478 e. The number of hydrogen-bond acceptors (Lipinski definition) is 4.